The summed E-state index contributed by atoms with van der Waals surface area (Å²) < 4.78 is 16.1. The summed E-state index contributed by atoms with van der Waals surface area (Å²) in [6, 6.07) is 5.43. The van der Waals surface area contributed by atoms with E-state index in [0.717, 1.165) is 25.0 Å². The standard InChI is InChI=1S/C17H20N2O4S/c1-21-12-6-5-11(15(9-12)22-2)8-14-16(20)19(17(24)18-14)10-13-4-3-7-23-13/h5-6,8-9,13H,3-4,7,10H2,1-2H3,(H,18,24)/b14-8+. The van der Waals surface area contributed by atoms with Gasteiger partial charge in [0, 0.05) is 18.2 Å². The highest BCUT2D eigenvalue weighted by atomic mass is 32.1. The van der Waals surface area contributed by atoms with E-state index >= 15 is 0 Å². The van der Waals surface area contributed by atoms with Crippen molar-refractivity contribution in [2.75, 3.05) is 27.4 Å². The summed E-state index contributed by atoms with van der Waals surface area (Å²) >= 11 is 5.29. The van der Waals surface area contributed by atoms with Gasteiger partial charge in [-0.3, -0.25) is 9.69 Å². The number of amides is 1. The molecule has 0 aliphatic carbocycles. The minimum absolute atomic E-state index is 0.0589. The minimum atomic E-state index is -0.145. The van der Waals surface area contributed by atoms with Gasteiger partial charge >= 0.3 is 0 Å². The summed E-state index contributed by atoms with van der Waals surface area (Å²) in [6.45, 7) is 1.24. The Labute approximate surface area is 146 Å². The molecule has 3 rings (SSSR count). The smallest absolute Gasteiger partial charge is 0.276 e. The summed E-state index contributed by atoms with van der Waals surface area (Å²) in [6.07, 6.45) is 3.78. The lowest BCUT2D eigenvalue weighted by molar-refractivity contribution is -0.123. The normalized spacial score (nSPS) is 22.2. The van der Waals surface area contributed by atoms with Gasteiger partial charge in [0.2, 0.25) is 0 Å². The molecule has 1 amide bonds. The molecule has 0 spiro atoms. The first-order chi connectivity index (χ1) is 11.6. The van der Waals surface area contributed by atoms with Gasteiger partial charge in [-0.1, -0.05) is 0 Å². The first-order valence-electron chi connectivity index (χ1n) is 7.80. The fraction of sp³-hybridized carbons (Fsp3) is 0.412. The molecule has 0 radical (unpaired) electrons. The zero-order valence-corrected chi connectivity index (χ0v) is 14.5. The highest BCUT2D eigenvalue weighted by molar-refractivity contribution is 7.80. The van der Waals surface area contributed by atoms with Crippen LogP contribution in [0, 0.1) is 0 Å². The molecule has 1 unspecified atom stereocenters. The lowest BCUT2D eigenvalue weighted by Gasteiger charge is -2.18. The van der Waals surface area contributed by atoms with Crippen molar-refractivity contribution in [1.29, 1.82) is 0 Å². The molecule has 0 bridgehead atoms. The van der Waals surface area contributed by atoms with Crippen molar-refractivity contribution in [3.63, 3.8) is 0 Å². The van der Waals surface area contributed by atoms with Crippen LogP contribution in [0.25, 0.3) is 6.08 Å². The van der Waals surface area contributed by atoms with Crippen LogP contribution < -0.4 is 14.8 Å². The number of nitrogens with zero attached hydrogens (tertiary/aromatic N) is 1. The largest absolute Gasteiger partial charge is 0.497 e. The maximum Gasteiger partial charge on any atom is 0.276 e. The monoisotopic (exact) mass is 348 g/mol. The van der Waals surface area contributed by atoms with Gasteiger partial charge in [-0.2, -0.15) is 0 Å². The molecule has 2 fully saturated rings. The molecule has 2 saturated heterocycles. The van der Waals surface area contributed by atoms with Gasteiger partial charge in [-0.05, 0) is 43.3 Å². The molecule has 1 aromatic rings. The van der Waals surface area contributed by atoms with Gasteiger partial charge in [0.15, 0.2) is 5.11 Å². The summed E-state index contributed by atoms with van der Waals surface area (Å²) in [4.78, 5) is 14.2. The second-order valence-corrected chi connectivity index (χ2v) is 6.03. The van der Waals surface area contributed by atoms with Crippen molar-refractivity contribution >= 4 is 29.3 Å². The predicted octanol–water partition coefficient (Wildman–Crippen LogP) is 1.94. The zero-order valence-electron chi connectivity index (χ0n) is 13.7. The van der Waals surface area contributed by atoms with Gasteiger partial charge < -0.3 is 19.5 Å². The zero-order chi connectivity index (χ0) is 17.1. The van der Waals surface area contributed by atoms with Crippen LogP contribution in [0.15, 0.2) is 23.9 Å². The topological polar surface area (TPSA) is 60.0 Å². The number of ether oxygens (including phenoxy) is 3. The van der Waals surface area contributed by atoms with E-state index in [1.165, 1.54) is 0 Å². The summed E-state index contributed by atoms with van der Waals surface area (Å²) in [5.41, 5.74) is 1.21. The molecule has 128 valence electrons. The minimum Gasteiger partial charge on any atom is -0.497 e. The van der Waals surface area contributed by atoms with E-state index in [4.69, 9.17) is 26.4 Å². The van der Waals surface area contributed by atoms with E-state index in [9.17, 15) is 4.79 Å². The Hall–Kier alpha value is -2.12. The number of hydrogen-bond donors (Lipinski definition) is 1. The number of benzene rings is 1. The molecule has 1 N–H and O–H groups in total. The number of rotatable bonds is 5. The molecular formula is C17H20N2O4S. The Morgan fingerprint density at radius 3 is 2.92 bits per heavy atom. The molecule has 2 heterocycles. The molecule has 1 atom stereocenters. The lowest BCUT2D eigenvalue weighted by atomic mass is 10.1. The Morgan fingerprint density at radius 2 is 2.25 bits per heavy atom. The maximum absolute atomic E-state index is 12.6. The van der Waals surface area contributed by atoms with E-state index < -0.39 is 0 Å². The van der Waals surface area contributed by atoms with Crippen LogP contribution in [0.3, 0.4) is 0 Å². The van der Waals surface area contributed by atoms with Gasteiger partial charge in [0.1, 0.15) is 17.2 Å². The van der Waals surface area contributed by atoms with Gasteiger partial charge in [0.05, 0.1) is 26.9 Å². The Balaban J connectivity index is 1.80. The third-order valence-electron chi connectivity index (χ3n) is 4.11. The number of carbonyl (C=O) groups is 1. The Kier molecular flexibility index (Phi) is 5.01. The van der Waals surface area contributed by atoms with E-state index in [2.05, 4.69) is 5.32 Å². The van der Waals surface area contributed by atoms with Crippen LogP contribution in [0.2, 0.25) is 0 Å². The predicted molar refractivity (Wildman–Crippen MR) is 93.9 cm³/mol. The van der Waals surface area contributed by atoms with E-state index in [1.54, 1.807) is 31.3 Å². The third-order valence-corrected chi connectivity index (χ3v) is 4.44. The number of methoxy groups -OCH3 is 2. The summed E-state index contributed by atoms with van der Waals surface area (Å²) in [5.74, 6) is 1.17. The molecule has 2 aliphatic heterocycles. The Morgan fingerprint density at radius 1 is 1.42 bits per heavy atom. The van der Waals surface area contributed by atoms with Crippen molar-refractivity contribution in [1.82, 2.24) is 10.2 Å². The van der Waals surface area contributed by atoms with E-state index in [1.807, 2.05) is 12.1 Å². The second-order valence-electron chi connectivity index (χ2n) is 5.65. The van der Waals surface area contributed by atoms with Crippen molar-refractivity contribution in [3.05, 3.63) is 29.5 Å². The van der Waals surface area contributed by atoms with Gasteiger partial charge in [-0.25, -0.2) is 0 Å². The summed E-state index contributed by atoms with van der Waals surface area (Å²) in [5, 5.41) is 3.39. The molecular weight excluding hydrogens is 328 g/mol. The van der Waals surface area contributed by atoms with Crippen LogP contribution in [0.4, 0.5) is 0 Å². The highest BCUT2D eigenvalue weighted by Gasteiger charge is 2.33. The van der Waals surface area contributed by atoms with Crippen molar-refractivity contribution in [2.45, 2.75) is 18.9 Å². The molecule has 0 saturated carbocycles. The molecule has 0 aromatic heterocycles. The van der Waals surface area contributed by atoms with Crippen molar-refractivity contribution in [3.8, 4) is 11.5 Å². The van der Waals surface area contributed by atoms with Crippen molar-refractivity contribution < 1.29 is 19.0 Å². The summed E-state index contributed by atoms with van der Waals surface area (Å²) in [7, 11) is 3.17. The third kappa shape index (κ3) is 3.37. The van der Waals surface area contributed by atoms with Crippen LogP contribution in [0.5, 0.6) is 11.5 Å². The lowest BCUT2D eigenvalue weighted by Crippen LogP contribution is -2.37. The average molecular weight is 348 g/mol. The molecule has 2 aliphatic rings. The number of hydrogen-bond acceptors (Lipinski definition) is 5. The fourth-order valence-electron chi connectivity index (χ4n) is 2.82. The Bertz CT molecular complexity index is 683. The quantitative estimate of drug-likeness (QED) is 0.648. The first-order valence-corrected chi connectivity index (χ1v) is 8.21. The first kappa shape index (κ1) is 16.7. The molecule has 7 heteroatoms. The molecule has 6 nitrogen and oxygen atoms in total. The molecule has 24 heavy (non-hydrogen) atoms. The van der Waals surface area contributed by atoms with E-state index in [0.29, 0.717) is 28.9 Å². The van der Waals surface area contributed by atoms with Crippen LogP contribution in [-0.4, -0.2) is 49.4 Å². The average Bonchev–Trinajstić information content (AvgIpc) is 3.19. The SMILES string of the molecule is COc1ccc(/C=C2/NC(=S)N(CC3CCCO3)C2=O)c(OC)c1. The number of nitrogens with one attached hydrogen (secondary N) is 1. The highest BCUT2D eigenvalue weighted by Crippen LogP contribution is 2.27. The van der Waals surface area contributed by atoms with Crippen LogP contribution in [-0.2, 0) is 9.53 Å². The van der Waals surface area contributed by atoms with E-state index in [-0.39, 0.29) is 12.0 Å². The number of thiocarbonyl (C=S) groups is 1. The number of carbonyl (C=O) groups excluding carboxylic acids is 1. The maximum atomic E-state index is 12.6. The van der Waals surface area contributed by atoms with Crippen LogP contribution >= 0.6 is 12.2 Å². The second kappa shape index (κ2) is 7.19. The fourth-order valence-corrected chi connectivity index (χ4v) is 3.09. The van der Waals surface area contributed by atoms with Crippen LogP contribution in [0.1, 0.15) is 18.4 Å². The van der Waals surface area contributed by atoms with Gasteiger partial charge in [0.25, 0.3) is 5.91 Å². The van der Waals surface area contributed by atoms with Gasteiger partial charge in [-0.15, -0.1) is 0 Å². The van der Waals surface area contributed by atoms with Crippen molar-refractivity contribution in [2.24, 2.45) is 0 Å². The molecule has 1 aromatic carbocycles.